The number of esters is 1. The summed E-state index contributed by atoms with van der Waals surface area (Å²) < 4.78 is 59.1. The fourth-order valence-electron chi connectivity index (χ4n) is 8.63. The molecule has 0 aliphatic heterocycles. The third-order valence-corrected chi connectivity index (χ3v) is 14.1. The van der Waals surface area contributed by atoms with Crippen LogP contribution in [0.25, 0.3) is 22.9 Å². The van der Waals surface area contributed by atoms with Gasteiger partial charge in [0, 0.05) is 83.9 Å². The van der Waals surface area contributed by atoms with Crippen molar-refractivity contribution >= 4 is 98.2 Å². The fourth-order valence-corrected chi connectivity index (χ4v) is 8.63. The molecule has 49 nitrogen and oxygen atoms in total. The van der Waals surface area contributed by atoms with Crippen LogP contribution in [0.15, 0.2) is 136 Å². The number of amides is 3. The maximum Gasteiger partial charge on any atom is 1.00 e. The Morgan fingerprint density at radius 2 is 0.740 bits per heavy atom. The molecule has 0 fully saturated rings. The number of aromatic hydroxyl groups is 1. The van der Waals surface area contributed by atoms with E-state index in [0.29, 0.717) is 40.2 Å². The van der Waals surface area contributed by atoms with Crippen molar-refractivity contribution < 1.29 is 184 Å². The summed E-state index contributed by atoms with van der Waals surface area (Å²) in [4.78, 5) is 129. The van der Waals surface area contributed by atoms with E-state index in [0.717, 1.165) is 12.1 Å². The van der Waals surface area contributed by atoms with Gasteiger partial charge in [0.25, 0.3) is 23.6 Å². The number of carbonyl (C=O) groups is 6. The molecule has 2 aromatic heterocycles. The Balaban J connectivity index is -0.00000134. The van der Waals surface area contributed by atoms with Crippen molar-refractivity contribution in [3.8, 4) is 63.2 Å². The van der Waals surface area contributed by atoms with Gasteiger partial charge in [0.2, 0.25) is 46.3 Å². The van der Waals surface area contributed by atoms with Crippen LogP contribution >= 0.6 is 22.6 Å². The molecule has 656 valence electrons. The molecule has 0 aliphatic carbocycles. The normalized spacial score (nSPS) is 9.68. The molecule has 0 unspecified atom stereocenters. The summed E-state index contributed by atoms with van der Waals surface area (Å²) >= 11 is 2.15. The number of aryl methyl sites for hydroxylation is 2. The average molecular weight is 1910 g/mol. The third kappa shape index (κ3) is 35.3. The molecule has 0 radical (unpaired) electrons. The maximum atomic E-state index is 12.0. The van der Waals surface area contributed by atoms with Gasteiger partial charge in [0.1, 0.15) is 22.3 Å². The molecule has 0 aliphatic rings. The van der Waals surface area contributed by atoms with Crippen LogP contribution in [0.4, 0.5) is 44.6 Å². The monoisotopic (exact) mass is 1900 g/mol. The predicted octanol–water partition coefficient (Wildman–Crippen LogP) is 8.16. The van der Waals surface area contributed by atoms with E-state index in [1.807, 2.05) is 36.3 Å². The molecular formula is C71H83IN15NaO34Zn. The van der Waals surface area contributed by atoms with E-state index in [9.17, 15) is 89.5 Å². The van der Waals surface area contributed by atoms with E-state index in [-0.39, 0.29) is 140 Å². The number of hydrogen-bond donors (Lipinski definition) is 8. The number of nitrogens with zero attached hydrogens (tertiary/aromatic N) is 10. The second-order valence-corrected chi connectivity index (χ2v) is 23.2. The summed E-state index contributed by atoms with van der Waals surface area (Å²) in [5, 5.41) is 105. The molecule has 0 spiro atoms. The minimum absolute atomic E-state index is 0. The third-order valence-electron chi connectivity index (χ3n) is 14.1. The first-order valence-electron chi connectivity index (χ1n) is 32.9. The van der Waals surface area contributed by atoms with Gasteiger partial charge < -0.3 is 82.7 Å². The van der Waals surface area contributed by atoms with Gasteiger partial charge in [-0.3, -0.25) is 81.1 Å². The second kappa shape index (κ2) is 56.0. The van der Waals surface area contributed by atoms with Gasteiger partial charge in [-0.2, -0.15) is 0 Å². The van der Waals surface area contributed by atoms with Crippen LogP contribution in [0.3, 0.4) is 0 Å². The van der Waals surface area contributed by atoms with Crippen LogP contribution in [0.2, 0.25) is 0 Å². The standard InChI is InChI=1S/C13H17N3O6.C10H9N3O4.C10H11N3O2.C9H9NO5.C8H9N3O4.C8H7NO5.C7H5NO5.C5H12O2.CH3I.Na.H2O.Zn/c1-13(2,3)22-12(18)15-14-11(17)8-6-5-7-9(16(19)20)10(8)21-4;1-6-11-12-10(17-6)7-4-3-5-8(13(14)15)9(7)16-2;1-6-12-13-10(15-6)7-4-3-5-8(11)9(7)14-2;1-14-8-6(9(11)15-2)4-3-5-7(8)10(12)13;1-15-7-5(8(12)10-9)3-2-4-6(7)11(13)14;1-14-7-5(8(10)11)3-2-4-6(7)9(12)13;9-6-4(7(10)11)2-1-3-5(6)8(12)13;1-5(2,6-3)7-4;1-2;;;/h5-7H,1-4H3,(H,14,17)(H,15,18);3-5H,1-2H3;3-5H,11H2,1-2H3;3-5H,1-2H3;2-4H,9H2,1H3,(H,10,12);2-4H,1H3,(H,10,11);1-3,9H,(H,10,11);1-4H3;1H3;;1H2;/q;;;;;;;;;+1;;/p-1. The number of nitrogens with two attached hydrogens (primary N) is 2. The Bertz CT molecular complexity index is 4930. The number of benzene rings is 7. The number of anilines is 1. The number of hydrogen-bond acceptors (Lipinski definition) is 38. The molecule has 123 heavy (non-hydrogen) atoms. The molecule has 9 aromatic rings. The summed E-state index contributed by atoms with van der Waals surface area (Å²) in [6.07, 6.45) is -0.856. The first kappa shape index (κ1) is 114. The molecular weight excluding hydrogens is 1820 g/mol. The number of carboxylic acids is 2. The SMILES string of the molecule is CI.COC(=O)c1cccc([N+](=O)[O-])c1OC.COC(C)(C)OC.COc1c(-c2nnc(C)o2)cccc1[N+](=O)[O-].COc1c(C(=O)NN)cccc1[N+](=O)[O-].COc1c(C(=O)NNC(=O)OC(C)(C)C)cccc1[N+](=O)[O-].COc1c(C(=O)O)cccc1[N+](=O)[O-].COc1c(N)cccc1-c1nnc(C)o1.O=C(O)c1cccc([N+](=O)[O-])c1O.[Na+].[OH-].[Zn]. The number of ether oxygens (including phenoxy) is 10. The van der Waals surface area contributed by atoms with Gasteiger partial charge in [-0.05, 0) is 88.1 Å². The number of nitro groups is 6. The Hall–Kier alpha value is -13.6. The number of aromatic nitrogens is 4. The van der Waals surface area contributed by atoms with Crippen molar-refractivity contribution in [1.82, 2.24) is 36.7 Å². The molecule has 9 rings (SSSR count). The number of rotatable bonds is 21. The van der Waals surface area contributed by atoms with Crippen LogP contribution < -0.4 is 85.8 Å². The number of halogens is 1. The van der Waals surface area contributed by atoms with Gasteiger partial charge in [-0.1, -0.05) is 65.1 Å². The summed E-state index contributed by atoms with van der Waals surface area (Å²) in [7, 11) is 12.2. The number of para-hydroxylation sites is 7. The molecule has 11 N–H and O–H groups in total. The molecule has 3 amide bonds. The van der Waals surface area contributed by atoms with Crippen LogP contribution in [0.5, 0.6) is 40.2 Å². The van der Waals surface area contributed by atoms with Gasteiger partial charge >= 0.3 is 87.7 Å². The van der Waals surface area contributed by atoms with E-state index < -0.39 is 93.7 Å². The largest absolute Gasteiger partial charge is 1.00 e. The smallest absolute Gasteiger partial charge is 0.870 e. The van der Waals surface area contributed by atoms with Gasteiger partial charge in [0.15, 0.2) is 11.5 Å². The van der Waals surface area contributed by atoms with E-state index >= 15 is 0 Å². The molecule has 2 heterocycles. The van der Waals surface area contributed by atoms with Crippen molar-refractivity contribution in [3.63, 3.8) is 0 Å². The molecule has 52 heteroatoms. The molecule has 0 bridgehead atoms. The zero-order valence-corrected chi connectivity index (χ0v) is 76.0. The first-order chi connectivity index (χ1) is 56.5. The quantitative estimate of drug-likeness (QED) is 0.00321. The van der Waals surface area contributed by atoms with Gasteiger partial charge in [-0.25, -0.2) is 30.4 Å². The van der Waals surface area contributed by atoms with Crippen molar-refractivity contribution in [2.75, 3.05) is 74.7 Å². The number of carboxylic acid groups (broad SMARTS) is 2. The molecule has 0 saturated carbocycles. The second-order valence-electron chi connectivity index (χ2n) is 23.2. The Morgan fingerprint density at radius 1 is 0.439 bits per heavy atom. The van der Waals surface area contributed by atoms with Crippen LogP contribution in [-0.2, 0) is 38.4 Å². The number of hydrazine groups is 2. The number of nitrogen functional groups attached to an aromatic ring is 2. The molecule has 0 atom stereocenters. The Morgan fingerprint density at radius 3 is 1.05 bits per heavy atom. The van der Waals surface area contributed by atoms with E-state index in [2.05, 4.69) is 63.3 Å². The van der Waals surface area contributed by atoms with Crippen LogP contribution in [-0.4, -0.2) is 187 Å². The Labute approximate surface area is 745 Å². The first-order valence-corrected chi connectivity index (χ1v) is 35.0. The number of nitro benzene ring substituents is 6. The molecule has 0 saturated heterocycles. The predicted molar refractivity (Wildman–Crippen MR) is 430 cm³/mol. The zero-order valence-electron chi connectivity index (χ0n) is 68.9. The summed E-state index contributed by atoms with van der Waals surface area (Å²) in [5.74, 6) is 0.494. The van der Waals surface area contributed by atoms with Crippen molar-refractivity contribution in [2.45, 2.75) is 59.9 Å². The van der Waals surface area contributed by atoms with Gasteiger partial charge in [0.05, 0.1) is 107 Å². The Kier molecular flexibility index (Phi) is 51.8. The fraction of sp³-hybridized carbons (Fsp3) is 0.268. The van der Waals surface area contributed by atoms with Gasteiger partial charge in [-0.15, -0.1) is 20.4 Å². The van der Waals surface area contributed by atoms with Crippen molar-refractivity contribution in [1.29, 1.82) is 0 Å². The topological polar surface area (TPSA) is 710 Å². The summed E-state index contributed by atoms with van der Waals surface area (Å²) in [5.41, 5.74) is 9.99. The minimum Gasteiger partial charge on any atom is -0.870 e. The number of phenols is 1. The molecule has 7 aromatic carbocycles. The minimum atomic E-state index is -1.40. The van der Waals surface area contributed by atoms with Crippen LogP contribution in [0, 0.1) is 74.5 Å². The number of nitrogens with one attached hydrogen (secondary N) is 3. The van der Waals surface area contributed by atoms with E-state index in [4.69, 9.17) is 73.6 Å². The summed E-state index contributed by atoms with van der Waals surface area (Å²) in [6, 6.07) is 28.9. The van der Waals surface area contributed by atoms with E-state index in [1.54, 1.807) is 68.1 Å². The average Bonchev–Trinajstić information content (AvgIpc) is 1.76. The number of carbonyl (C=O) groups excluding carboxylic acids is 4. The zero-order chi connectivity index (χ0) is 91.6. The van der Waals surface area contributed by atoms with Crippen molar-refractivity contribution in [2.24, 2.45) is 5.84 Å². The van der Waals surface area contributed by atoms with Crippen LogP contribution in [0.1, 0.15) is 98.2 Å². The van der Waals surface area contributed by atoms with E-state index in [1.165, 1.54) is 134 Å². The number of methoxy groups -OCH3 is 9. The number of aromatic carboxylic acids is 2. The van der Waals surface area contributed by atoms with Crippen molar-refractivity contribution in [3.05, 3.63) is 228 Å². The number of alkyl halides is 1. The summed E-state index contributed by atoms with van der Waals surface area (Å²) in [6.45, 7) is 12.1. The maximum absolute atomic E-state index is 12.0.